The third kappa shape index (κ3) is 6.55. The first-order chi connectivity index (χ1) is 14.9. The molecule has 0 spiro atoms. The number of anilines is 1. The third-order valence-electron chi connectivity index (χ3n) is 4.01. The zero-order chi connectivity index (χ0) is 22.2. The Bertz CT molecular complexity index is 1140. The van der Waals surface area contributed by atoms with Crippen LogP contribution in [0.25, 0.3) is 0 Å². The summed E-state index contributed by atoms with van der Waals surface area (Å²) in [5, 5.41) is 7.20. The average molecular weight is 521 g/mol. The van der Waals surface area contributed by atoms with Gasteiger partial charge in [-0.2, -0.15) is 5.10 Å². The lowest BCUT2D eigenvalue weighted by Gasteiger charge is -2.10. The number of hydrazone groups is 1. The summed E-state index contributed by atoms with van der Waals surface area (Å²) >= 11 is 15.5. The van der Waals surface area contributed by atoms with Crippen molar-refractivity contribution in [2.24, 2.45) is 5.10 Å². The Morgan fingerprint density at radius 2 is 1.68 bits per heavy atom. The van der Waals surface area contributed by atoms with Crippen molar-refractivity contribution in [3.05, 3.63) is 92.4 Å². The van der Waals surface area contributed by atoms with E-state index in [2.05, 4.69) is 31.8 Å². The molecule has 9 heteroatoms. The van der Waals surface area contributed by atoms with E-state index >= 15 is 0 Å². The van der Waals surface area contributed by atoms with Crippen molar-refractivity contribution in [2.45, 2.75) is 6.61 Å². The summed E-state index contributed by atoms with van der Waals surface area (Å²) in [5.74, 6) is -1.30. The molecule has 0 bridgehead atoms. The SMILES string of the molecule is O=C(N/N=C\c1cc(Br)ccc1OCc1ccccc1Cl)C(=O)Nc1ccccc1Cl. The summed E-state index contributed by atoms with van der Waals surface area (Å²) in [6, 6.07) is 19.3. The van der Waals surface area contributed by atoms with Gasteiger partial charge in [0, 0.05) is 20.6 Å². The molecule has 31 heavy (non-hydrogen) atoms. The average Bonchev–Trinajstić information content (AvgIpc) is 2.75. The van der Waals surface area contributed by atoms with Crippen LogP contribution in [0.3, 0.4) is 0 Å². The maximum Gasteiger partial charge on any atom is 0.329 e. The van der Waals surface area contributed by atoms with Crippen molar-refractivity contribution in [3.63, 3.8) is 0 Å². The second kappa shape index (κ2) is 10.9. The zero-order valence-corrected chi connectivity index (χ0v) is 19.0. The molecule has 3 aromatic carbocycles. The maximum absolute atomic E-state index is 12.0. The highest BCUT2D eigenvalue weighted by Gasteiger charge is 2.14. The largest absolute Gasteiger partial charge is 0.488 e. The van der Waals surface area contributed by atoms with E-state index in [1.54, 1.807) is 42.5 Å². The van der Waals surface area contributed by atoms with Crippen LogP contribution in [0.5, 0.6) is 5.75 Å². The molecular weight excluding hydrogens is 505 g/mol. The zero-order valence-electron chi connectivity index (χ0n) is 15.9. The fraction of sp³-hybridized carbons (Fsp3) is 0.0455. The first-order valence-electron chi connectivity index (χ1n) is 8.98. The Balaban J connectivity index is 1.64. The number of carbonyl (C=O) groups is 2. The van der Waals surface area contributed by atoms with Gasteiger partial charge in [0.2, 0.25) is 0 Å². The summed E-state index contributed by atoms with van der Waals surface area (Å²) < 4.78 is 6.65. The number of benzene rings is 3. The van der Waals surface area contributed by atoms with E-state index in [1.165, 1.54) is 6.21 Å². The van der Waals surface area contributed by atoms with Crippen LogP contribution in [-0.4, -0.2) is 18.0 Å². The van der Waals surface area contributed by atoms with Gasteiger partial charge >= 0.3 is 11.8 Å². The van der Waals surface area contributed by atoms with E-state index in [9.17, 15) is 9.59 Å². The van der Waals surface area contributed by atoms with Crippen LogP contribution in [0.15, 0.2) is 76.3 Å². The Morgan fingerprint density at radius 3 is 2.42 bits per heavy atom. The molecule has 3 rings (SSSR count). The summed E-state index contributed by atoms with van der Waals surface area (Å²) in [7, 11) is 0. The van der Waals surface area contributed by atoms with E-state index in [0.717, 1.165) is 10.0 Å². The van der Waals surface area contributed by atoms with Crippen molar-refractivity contribution in [1.82, 2.24) is 5.43 Å². The number of nitrogens with zero attached hydrogens (tertiary/aromatic N) is 1. The molecule has 0 aliphatic rings. The van der Waals surface area contributed by atoms with E-state index < -0.39 is 11.8 Å². The van der Waals surface area contributed by atoms with E-state index in [-0.39, 0.29) is 6.61 Å². The number of nitrogens with one attached hydrogen (secondary N) is 2. The fourth-order valence-electron chi connectivity index (χ4n) is 2.48. The van der Waals surface area contributed by atoms with Crippen LogP contribution in [0.4, 0.5) is 5.69 Å². The lowest BCUT2D eigenvalue weighted by atomic mass is 10.2. The van der Waals surface area contributed by atoms with E-state index in [0.29, 0.717) is 27.0 Å². The smallest absolute Gasteiger partial charge is 0.329 e. The molecular formula is C22H16BrCl2N3O3. The summed E-state index contributed by atoms with van der Waals surface area (Å²) in [4.78, 5) is 24.0. The van der Waals surface area contributed by atoms with Crippen LogP contribution in [0.1, 0.15) is 11.1 Å². The molecule has 0 aliphatic carbocycles. The minimum Gasteiger partial charge on any atom is -0.488 e. The number of hydrogen-bond acceptors (Lipinski definition) is 4. The van der Waals surface area contributed by atoms with Gasteiger partial charge in [-0.1, -0.05) is 69.5 Å². The van der Waals surface area contributed by atoms with E-state index in [1.807, 2.05) is 24.3 Å². The summed E-state index contributed by atoms with van der Waals surface area (Å²) in [5.41, 5.74) is 3.94. The molecule has 2 amide bonds. The van der Waals surface area contributed by atoms with Crippen molar-refractivity contribution in [1.29, 1.82) is 0 Å². The number of carbonyl (C=O) groups excluding carboxylic acids is 2. The van der Waals surface area contributed by atoms with Crippen LogP contribution in [0, 0.1) is 0 Å². The molecule has 0 heterocycles. The highest BCUT2D eigenvalue weighted by Crippen LogP contribution is 2.24. The predicted octanol–water partition coefficient (Wildman–Crippen LogP) is 5.42. The predicted molar refractivity (Wildman–Crippen MR) is 126 cm³/mol. The van der Waals surface area contributed by atoms with Crippen molar-refractivity contribution in [3.8, 4) is 5.75 Å². The van der Waals surface area contributed by atoms with Gasteiger partial charge in [0.1, 0.15) is 12.4 Å². The molecule has 0 aromatic heterocycles. The van der Waals surface area contributed by atoms with E-state index in [4.69, 9.17) is 27.9 Å². The van der Waals surface area contributed by atoms with Gasteiger partial charge in [0.05, 0.1) is 16.9 Å². The van der Waals surface area contributed by atoms with Gasteiger partial charge in [-0.15, -0.1) is 0 Å². The molecule has 0 unspecified atom stereocenters. The molecule has 3 aromatic rings. The topological polar surface area (TPSA) is 79.8 Å². The Kier molecular flexibility index (Phi) is 8.06. The normalized spacial score (nSPS) is 10.7. The molecule has 0 radical (unpaired) electrons. The molecule has 0 saturated carbocycles. The van der Waals surface area contributed by atoms with Crippen molar-refractivity contribution >= 4 is 62.8 Å². The Labute approximate surface area is 197 Å². The minimum absolute atomic E-state index is 0.259. The lowest BCUT2D eigenvalue weighted by molar-refractivity contribution is -0.136. The molecule has 2 N–H and O–H groups in total. The van der Waals surface area contributed by atoms with Gasteiger partial charge in [0.25, 0.3) is 0 Å². The highest BCUT2D eigenvalue weighted by molar-refractivity contribution is 9.10. The second-order valence-electron chi connectivity index (χ2n) is 6.20. The number of amides is 2. The summed E-state index contributed by atoms with van der Waals surface area (Å²) in [6.45, 7) is 0.259. The standard InChI is InChI=1S/C22H16BrCl2N3O3/c23-16-9-10-20(31-13-14-5-1-2-6-17(14)24)15(11-16)12-26-28-22(30)21(29)27-19-8-4-3-7-18(19)25/h1-12H,13H2,(H,27,29)(H,28,30)/b26-12-. The molecule has 0 fully saturated rings. The van der Waals surface area contributed by atoms with Gasteiger partial charge < -0.3 is 10.1 Å². The van der Waals surface area contributed by atoms with Gasteiger partial charge in [0.15, 0.2) is 0 Å². The van der Waals surface area contributed by atoms with Gasteiger partial charge in [-0.05, 0) is 36.4 Å². The molecule has 0 saturated heterocycles. The highest BCUT2D eigenvalue weighted by atomic mass is 79.9. The quantitative estimate of drug-likeness (QED) is 0.258. The number of ether oxygens (including phenoxy) is 1. The van der Waals surface area contributed by atoms with Crippen molar-refractivity contribution < 1.29 is 14.3 Å². The molecule has 0 aliphatic heterocycles. The minimum atomic E-state index is -0.940. The number of halogens is 3. The van der Waals surface area contributed by atoms with Gasteiger partial charge in [-0.25, -0.2) is 5.43 Å². The van der Waals surface area contributed by atoms with Crippen LogP contribution < -0.4 is 15.5 Å². The lowest BCUT2D eigenvalue weighted by Crippen LogP contribution is -2.32. The molecule has 0 atom stereocenters. The first-order valence-corrected chi connectivity index (χ1v) is 10.5. The first kappa shape index (κ1) is 22.8. The number of rotatable bonds is 6. The number of hydrogen-bond donors (Lipinski definition) is 2. The third-order valence-corrected chi connectivity index (χ3v) is 5.20. The Hall–Kier alpha value is -2.87. The fourth-order valence-corrected chi connectivity index (χ4v) is 3.23. The molecule has 158 valence electrons. The second-order valence-corrected chi connectivity index (χ2v) is 7.93. The summed E-state index contributed by atoms with van der Waals surface area (Å²) in [6.07, 6.45) is 1.38. The maximum atomic E-state index is 12.0. The monoisotopic (exact) mass is 519 g/mol. The Morgan fingerprint density at radius 1 is 0.968 bits per heavy atom. The van der Waals surface area contributed by atoms with Crippen LogP contribution >= 0.6 is 39.1 Å². The van der Waals surface area contributed by atoms with Crippen LogP contribution in [-0.2, 0) is 16.2 Å². The number of para-hydroxylation sites is 1. The van der Waals surface area contributed by atoms with Gasteiger partial charge in [-0.3, -0.25) is 9.59 Å². The van der Waals surface area contributed by atoms with Crippen LogP contribution in [0.2, 0.25) is 10.0 Å². The molecule has 6 nitrogen and oxygen atoms in total. The van der Waals surface area contributed by atoms with Crippen molar-refractivity contribution in [2.75, 3.05) is 5.32 Å².